The number of fused-ring (bicyclic) bond motifs is 1. The van der Waals surface area contributed by atoms with Crippen molar-refractivity contribution in [2.45, 2.75) is 58.3 Å². The van der Waals surface area contributed by atoms with Gasteiger partial charge in [0.15, 0.2) is 0 Å². The maximum Gasteiger partial charge on any atom is -0.00152 e. The van der Waals surface area contributed by atoms with Crippen molar-refractivity contribution >= 4 is 0 Å². The van der Waals surface area contributed by atoms with Gasteiger partial charge in [-0.05, 0) is 66.4 Å². The first-order valence-electron chi connectivity index (χ1n) is 7.75. The highest BCUT2D eigenvalue weighted by atomic mass is 14.6. The van der Waals surface area contributed by atoms with E-state index in [0.717, 1.165) is 17.8 Å². The molecule has 3 atom stereocenters. The molecule has 2 aliphatic rings. The Morgan fingerprint density at radius 2 is 2.17 bits per heavy atom. The SMILES string of the molecule is CCc1cccc(C23CCC(C(C)C)CC2C3)c1. The van der Waals surface area contributed by atoms with E-state index in [9.17, 15) is 0 Å². The molecule has 1 aromatic carbocycles. The van der Waals surface area contributed by atoms with Gasteiger partial charge in [0.1, 0.15) is 0 Å². The predicted octanol–water partition coefficient (Wildman–Crippen LogP) is 4.96. The van der Waals surface area contributed by atoms with E-state index < -0.39 is 0 Å². The Morgan fingerprint density at radius 3 is 2.83 bits per heavy atom. The predicted molar refractivity (Wildman–Crippen MR) is 77.8 cm³/mol. The zero-order valence-electron chi connectivity index (χ0n) is 12.1. The fourth-order valence-electron chi connectivity index (χ4n) is 4.13. The van der Waals surface area contributed by atoms with Crippen LogP contribution in [0.1, 0.15) is 57.6 Å². The van der Waals surface area contributed by atoms with Crippen LogP contribution >= 0.6 is 0 Å². The molecule has 3 rings (SSSR count). The summed E-state index contributed by atoms with van der Waals surface area (Å²) in [5, 5.41) is 0. The molecule has 0 heteroatoms. The molecule has 0 aliphatic heterocycles. The lowest BCUT2D eigenvalue weighted by atomic mass is 9.74. The van der Waals surface area contributed by atoms with Crippen LogP contribution in [0.15, 0.2) is 24.3 Å². The van der Waals surface area contributed by atoms with Crippen molar-refractivity contribution in [2.75, 3.05) is 0 Å². The van der Waals surface area contributed by atoms with E-state index in [2.05, 4.69) is 45.0 Å². The Morgan fingerprint density at radius 1 is 1.33 bits per heavy atom. The van der Waals surface area contributed by atoms with Crippen LogP contribution in [0.3, 0.4) is 0 Å². The smallest absolute Gasteiger partial charge is 0.00152 e. The van der Waals surface area contributed by atoms with Gasteiger partial charge in [-0.15, -0.1) is 0 Å². The number of benzene rings is 1. The van der Waals surface area contributed by atoms with Crippen molar-refractivity contribution < 1.29 is 0 Å². The lowest BCUT2D eigenvalue weighted by molar-refractivity contribution is 0.252. The Hall–Kier alpha value is -0.780. The zero-order valence-corrected chi connectivity index (χ0v) is 12.1. The van der Waals surface area contributed by atoms with Gasteiger partial charge in [0.2, 0.25) is 0 Å². The van der Waals surface area contributed by atoms with Crippen LogP contribution in [-0.4, -0.2) is 0 Å². The van der Waals surface area contributed by atoms with Gasteiger partial charge < -0.3 is 0 Å². The minimum atomic E-state index is 0.594. The third-order valence-electron chi connectivity index (χ3n) is 5.63. The first-order chi connectivity index (χ1) is 8.65. The van der Waals surface area contributed by atoms with E-state index in [1.165, 1.54) is 37.7 Å². The van der Waals surface area contributed by atoms with Crippen molar-refractivity contribution in [2.24, 2.45) is 17.8 Å². The first-order valence-corrected chi connectivity index (χ1v) is 7.75. The van der Waals surface area contributed by atoms with Gasteiger partial charge in [-0.3, -0.25) is 0 Å². The lowest BCUT2D eigenvalue weighted by Crippen LogP contribution is -2.22. The third-order valence-corrected chi connectivity index (χ3v) is 5.63. The summed E-state index contributed by atoms with van der Waals surface area (Å²) in [6.07, 6.45) is 7.00. The molecule has 2 aliphatic carbocycles. The molecule has 0 saturated heterocycles. The van der Waals surface area contributed by atoms with E-state index in [4.69, 9.17) is 0 Å². The highest BCUT2D eigenvalue weighted by molar-refractivity contribution is 5.37. The lowest BCUT2D eigenvalue weighted by Gasteiger charge is -2.31. The molecule has 3 unspecified atom stereocenters. The Bertz CT molecular complexity index is 431. The van der Waals surface area contributed by atoms with Crippen molar-refractivity contribution in [3.05, 3.63) is 35.4 Å². The molecule has 1 aromatic rings. The average Bonchev–Trinajstić information content (AvgIpc) is 3.13. The van der Waals surface area contributed by atoms with E-state index in [0.29, 0.717) is 5.41 Å². The number of rotatable bonds is 3. The van der Waals surface area contributed by atoms with Crippen LogP contribution in [0.4, 0.5) is 0 Å². The molecule has 2 saturated carbocycles. The summed E-state index contributed by atoms with van der Waals surface area (Å²) >= 11 is 0. The largest absolute Gasteiger partial charge is 0.0625 e. The monoisotopic (exact) mass is 242 g/mol. The van der Waals surface area contributed by atoms with Crippen LogP contribution in [0.25, 0.3) is 0 Å². The minimum absolute atomic E-state index is 0.594. The fraction of sp³-hybridized carbons (Fsp3) is 0.667. The number of aryl methyl sites for hydroxylation is 1. The molecular formula is C18H26. The van der Waals surface area contributed by atoms with Gasteiger partial charge in [0, 0.05) is 0 Å². The van der Waals surface area contributed by atoms with Gasteiger partial charge in [0.05, 0.1) is 0 Å². The highest BCUT2D eigenvalue weighted by Gasteiger charge is 2.57. The highest BCUT2D eigenvalue weighted by Crippen LogP contribution is 2.64. The van der Waals surface area contributed by atoms with Crippen LogP contribution in [0, 0.1) is 17.8 Å². The summed E-state index contributed by atoms with van der Waals surface area (Å²) in [7, 11) is 0. The summed E-state index contributed by atoms with van der Waals surface area (Å²) in [6, 6.07) is 9.41. The Balaban J connectivity index is 1.79. The summed E-state index contributed by atoms with van der Waals surface area (Å²) < 4.78 is 0. The molecule has 0 N–H and O–H groups in total. The first kappa shape index (κ1) is 12.3. The van der Waals surface area contributed by atoms with Gasteiger partial charge >= 0.3 is 0 Å². The molecule has 0 amide bonds. The molecule has 0 aromatic heterocycles. The van der Waals surface area contributed by atoms with E-state index in [1.807, 2.05) is 0 Å². The van der Waals surface area contributed by atoms with Gasteiger partial charge in [0.25, 0.3) is 0 Å². The zero-order chi connectivity index (χ0) is 12.8. The molecule has 98 valence electrons. The topological polar surface area (TPSA) is 0 Å². The Kier molecular flexibility index (Phi) is 3.00. The van der Waals surface area contributed by atoms with Crippen LogP contribution in [0.2, 0.25) is 0 Å². The van der Waals surface area contributed by atoms with Crippen molar-refractivity contribution in [1.29, 1.82) is 0 Å². The van der Waals surface area contributed by atoms with Gasteiger partial charge in [-0.2, -0.15) is 0 Å². The summed E-state index contributed by atoms with van der Waals surface area (Å²) in [5.74, 6) is 2.86. The summed E-state index contributed by atoms with van der Waals surface area (Å²) in [4.78, 5) is 0. The number of hydrogen-bond donors (Lipinski definition) is 0. The average molecular weight is 242 g/mol. The van der Waals surface area contributed by atoms with E-state index >= 15 is 0 Å². The molecule has 0 bridgehead atoms. The second kappa shape index (κ2) is 4.40. The van der Waals surface area contributed by atoms with Crippen molar-refractivity contribution in [3.8, 4) is 0 Å². The fourth-order valence-corrected chi connectivity index (χ4v) is 4.13. The van der Waals surface area contributed by atoms with E-state index in [-0.39, 0.29) is 0 Å². The molecule has 18 heavy (non-hydrogen) atoms. The second-order valence-corrected chi connectivity index (χ2v) is 6.89. The maximum atomic E-state index is 2.48. The van der Waals surface area contributed by atoms with Gasteiger partial charge in [-0.25, -0.2) is 0 Å². The minimum Gasteiger partial charge on any atom is -0.0625 e. The normalized spacial score (nSPS) is 34.4. The van der Waals surface area contributed by atoms with Crippen LogP contribution in [0.5, 0.6) is 0 Å². The molecular weight excluding hydrogens is 216 g/mol. The van der Waals surface area contributed by atoms with Crippen LogP contribution < -0.4 is 0 Å². The molecule has 2 fully saturated rings. The Labute approximate surface area is 112 Å². The van der Waals surface area contributed by atoms with E-state index in [1.54, 1.807) is 5.56 Å². The van der Waals surface area contributed by atoms with Gasteiger partial charge in [-0.1, -0.05) is 45.0 Å². The molecule has 0 radical (unpaired) electrons. The molecule has 0 nitrogen and oxygen atoms in total. The third kappa shape index (κ3) is 1.90. The summed E-state index contributed by atoms with van der Waals surface area (Å²) in [5.41, 5.74) is 3.75. The molecule has 0 heterocycles. The number of hydrogen-bond acceptors (Lipinski definition) is 0. The second-order valence-electron chi connectivity index (χ2n) is 6.89. The maximum absolute atomic E-state index is 2.48. The van der Waals surface area contributed by atoms with Crippen molar-refractivity contribution in [1.82, 2.24) is 0 Å². The van der Waals surface area contributed by atoms with Crippen molar-refractivity contribution in [3.63, 3.8) is 0 Å². The van der Waals surface area contributed by atoms with Crippen LogP contribution in [-0.2, 0) is 11.8 Å². The molecule has 0 spiro atoms. The standard InChI is InChI=1S/C18H26/c1-4-14-6-5-7-16(10-14)18-9-8-15(13(2)3)11-17(18)12-18/h5-7,10,13,15,17H,4,8-9,11-12H2,1-3H3. The summed E-state index contributed by atoms with van der Waals surface area (Å²) in [6.45, 7) is 7.06. The quantitative estimate of drug-likeness (QED) is 0.702.